The summed E-state index contributed by atoms with van der Waals surface area (Å²) in [5.74, 6) is 0.565. The highest BCUT2D eigenvalue weighted by atomic mass is 16.7. The van der Waals surface area contributed by atoms with Crippen LogP contribution in [0.25, 0.3) is 0 Å². The molecule has 2 N–H and O–H groups in total. The van der Waals surface area contributed by atoms with E-state index >= 15 is 0 Å². The standard InChI is InChI=1S/C34H37N3O10/c1-7-9-43-32-23-19(11-16(3)30(32)42-6)12-20-21(13-35)36-22(14-45-18(5)38)24-25(28(39)17(4)31-33(24)47-15-46-31)29(40)27(36)26(23)37(20)34(41)44-10-8-2/h7-8,11,20-22,26-27,29,39-40H,1-2,9-10,12,14-15H2,3-6H3/t20-,21-,22-,26-,27+,29-/m0/s1. The van der Waals surface area contributed by atoms with E-state index in [1.807, 2.05) is 13.0 Å². The Balaban J connectivity index is 1.68. The van der Waals surface area contributed by atoms with Crippen molar-refractivity contribution >= 4 is 12.1 Å². The number of aliphatic hydroxyl groups is 1. The summed E-state index contributed by atoms with van der Waals surface area (Å²) in [6, 6.07) is -0.460. The normalized spacial score (nSPS) is 25.0. The fourth-order valence-corrected chi connectivity index (χ4v) is 7.68. The summed E-state index contributed by atoms with van der Waals surface area (Å²) in [5, 5.41) is 35.0. The molecule has 4 heterocycles. The number of fused-ring (bicyclic) bond motifs is 9. The minimum Gasteiger partial charge on any atom is -0.507 e. The lowest BCUT2D eigenvalue weighted by Crippen LogP contribution is -2.71. The first kappa shape index (κ1) is 32.0. The monoisotopic (exact) mass is 647 g/mol. The number of carbonyl (C=O) groups excluding carboxylic acids is 2. The first-order valence-electron chi connectivity index (χ1n) is 15.2. The predicted molar refractivity (Wildman–Crippen MR) is 165 cm³/mol. The first-order valence-corrected chi connectivity index (χ1v) is 15.2. The summed E-state index contributed by atoms with van der Waals surface area (Å²) in [7, 11) is 1.51. The Morgan fingerprint density at radius 3 is 2.49 bits per heavy atom. The average molecular weight is 648 g/mol. The van der Waals surface area contributed by atoms with Crippen molar-refractivity contribution in [1.82, 2.24) is 9.80 Å². The van der Waals surface area contributed by atoms with Crippen molar-refractivity contribution in [2.75, 3.05) is 33.7 Å². The molecule has 13 nitrogen and oxygen atoms in total. The Morgan fingerprint density at radius 2 is 1.83 bits per heavy atom. The quantitative estimate of drug-likeness (QED) is 0.315. The number of phenolic OH excluding ortho intramolecular Hbond substituents is 1. The van der Waals surface area contributed by atoms with Crippen molar-refractivity contribution in [2.45, 2.75) is 63.5 Å². The molecule has 1 amide bonds. The maximum absolute atomic E-state index is 14.0. The number of esters is 1. The number of nitriles is 1. The molecular weight excluding hydrogens is 610 g/mol. The Kier molecular flexibility index (Phi) is 8.42. The third kappa shape index (κ3) is 4.82. The van der Waals surface area contributed by atoms with Gasteiger partial charge in [0.2, 0.25) is 6.79 Å². The summed E-state index contributed by atoms with van der Waals surface area (Å²) in [6.45, 7) is 11.9. The van der Waals surface area contributed by atoms with Crippen molar-refractivity contribution in [2.24, 2.45) is 0 Å². The van der Waals surface area contributed by atoms with Gasteiger partial charge in [0, 0.05) is 29.2 Å². The number of hydrogen-bond acceptors (Lipinski definition) is 12. The molecule has 6 rings (SSSR count). The van der Waals surface area contributed by atoms with Crippen LogP contribution in [0.15, 0.2) is 31.4 Å². The van der Waals surface area contributed by atoms with Gasteiger partial charge in [0.15, 0.2) is 23.0 Å². The third-order valence-corrected chi connectivity index (χ3v) is 9.35. The summed E-state index contributed by atoms with van der Waals surface area (Å²) in [4.78, 5) is 29.4. The Labute approximate surface area is 272 Å². The van der Waals surface area contributed by atoms with E-state index in [9.17, 15) is 25.1 Å². The largest absolute Gasteiger partial charge is 0.507 e. The van der Waals surface area contributed by atoms with E-state index in [1.54, 1.807) is 17.9 Å². The number of phenols is 1. The lowest BCUT2D eigenvalue weighted by atomic mass is 9.70. The third-order valence-electron chi connectivity index (χ3n) is 9.35. The first-order chi connectivity index (χ1) is 22.6. The summed E-state index contributed by atoms with van der Waals surface area (Å²) in [5.41, 5.74) is 2.94. The van der Waals surface area contributed by atoms with Gasteiger partial charge in [-0.2, -0.15) is 5.26 Å². The molecule has 0 unspecified atom stereocenters. The van der Waals surface area contributed by atoms with Crippen LogP contribution in [0.5, 0.6) is 28.7 Å². The maximum atomic E-state index is 14.0. The Morgan fingerprint density at radius 1 is 1.11 bits per heavy atom. The van der Waals surface area contributed by atoms with E-state index in [2.05, 4.69) is 19.2 Å². The van der Waals surface area contributed by atoms with Crippen LogP contribution in [-0.4, -0.2) is 83.9 Å². The molecule has 1 saturated heterocycles. The minimum atomic E-state index is -1.49. The van der Waals surface area contributed by atoms with E-state index in [-0.39, 0.29) is 50.1 Å². The van der Waals surface area contributed by atoms with E-state index in [0.717, 1.165) is 11.1 Å². The molecule has 0 spiro atoms. The van der Waals surface area contributed by atoms with Gasteiger partial charge < -0.3 is 38.6 Å². The maximum Gasteiger partial charge on any atom is 0.411 e. The van der Waals surface area contributed by atoms with Gasteiger partial charge in [-0.15, -0.1) is 0 Å². The molecule has 0 radical (unpaired) electrons. The Bertz CT molecular complexity index is 1700. The number of nitrogens with zero attached hydrogens (tertiary/aromatic N) is 3. The number of piperazine rings is 1. The van der Waals surface area contributed by atoms with Gasteiger partial charge in [-0.05, 0) is 31.4 Å². The number of hydrogen-bond donors (Lipinski definition) is 2. The lowest BCUT2D eigenvalue weighted by molar-refractivity contribution is -0.151. The van der Waals surface area contributed by atoms with Gasteiger partial charge >= 0.3 is 12.1 Å². The highest BCUT2D eigenvalue weighted by Gasteiger charge is 2.62. The van der Waals surface area contributed by atoms with Crippen LogP contribution in [0.4, 0.5) is 4.79 Å². The number of methoxy groups -OCH3 is 1. The molecule has 13 heteroatoms. The number of aryl methyl sites for hydroxylation is 1. The van der Waals surface area contributed by atoms with Gasteiger partial charge in [-0.25, -0.2) is 4.79 Å². The molecule has 2 aromatic carbocycles. The van der Waals surface area contributed by atoms with E-state index in [4.69, 9.17) is 28.4 Å². The second kappa shape index (κ2) is 12.4. The molecule has 4 aliphatic rings. The molecule has 1 fully saturated rings. The van der Waals surface area contributed by atoms with Gasteiger partial charge in [0.1, 0.15) is 37.7 Å². The fraction of sp³-hybridized carbons (Fsp3) is 0.441. The SMILES string of the molecule is C=CCOC(=O)N1[C@H]2Cc3cc(C)c(OC)c(OCC=C)c3[C@H]1[C@@H]1[C@@H](O)c3c(O)c(C)c4c(c3[C@H](COC(C)=O)N1[C@H]2C#N)OCO4. The zero-order chi connectivity index (χ0) is 33.7. The lowest BCUT2D eigenvalue weighted by Gasteiger charge is -2.60. The van der Waals surface area contributed by atoms with E-state index in [1.165, 1.54) is 25.0 Å². The van der Waals surface area contributed by atoms with Crippen LogP contribution in [0.3, 0.4) is 0 Å². The molecule has 0 aliphatic carbocycles. The van der Waals surface area contributed by atoms with Crippen LogP contribution >= 0.6 is 0 Å². The molecule has 4 aliphatic heterocycles. The molecule has 248 valence electrons. The predicted octanol–water partition coefficient (Wildman–Crippen LogP) is 3.83. The summed E-state index contributed by atoms with van der Waals surface area (Å²) in [6.07, 6.45) is 1.04. The molecule has 47 heavy (non-hydrogen) atoms. The topological polar surface area (TPSA) is 160 Å². The number of carbonyl (C=O) groups is 2. The van der Waals surface area contributed by atoms with Crippen molar-refractivity contribution in [3.63, 3.8) is 0 Å². The van der Waals surface area contributed by atoms with Crippen LogP contribution in [0, 0.1) is 25.2 Å². The average Bonchev–Trinajstić information content (AvgIpc) is 3.54. The molecule has 2 bridgehead atoms. The van der Waals surface area contributed by atoms with Crippen molar-refractivity contribution in [1.29, 1.82) is 5.26 Å². The van der Waals surface area contributed by atoms with Gasteiger partial charge in [0.05, 0.1) is 37.3 Å². The van der Waals surface area contributed by atoms with Gasteiger partial charge in [-0.1, -0.05) is 31.4 Å². The van der Waals surface area contributed by atoms with Crippen LogP contribution < -0.4 is 18.9 Å². The zero-order valence-corrected chi connectivity index (χ0v) is 26.6. The highest BCUT2D eigenvalue weighted by molar-refractivity contribution is 5.73. The van der Waals surface area contributed by atoms with Gasteiger partial charge in [0.25, 0.3) is 0 Å². The number of rotatable bonds is 8. The summed E-state index contributed by atoms with van der Waals surface area (Å²) < 4.78 is 34.8. The summed E-state index contributed by atoms with van der Waals surface area (Å²) >= 11 is 0. The number of aliphatic hydroxyl groups excluding tert-OH is 1. The van der Waals surface area contributed by atoms with Crippen molar-refractivity contribution < 1.29 is 48.2 Å². The second-order valence-corrected chi connectivity index (χ2v) is 11.9. The van der Waals surface area contributed by atoms with Crippen LogP contribution in [0.1, 0.15) is 58.5 Å². The Hall–Kier alpha value is -4.93. The number of benzene rings is 2. The molecule has 0 saturated carbocycles. The fourth-order valence-electron chi connectivity index (χ4n) is 7.68. The highest BCUT2D eigenvalue weighted by Crippen LogP contribution is 2.61. The molecule has 0 aromatic heterocycles. The van der Waals surface area contributed by atoms with Crippen molar-refractivity contribution in [3.8, 4) is 34.8 Å². The second-order valence-electron chi connectivity index (χ2n) is 11.9. The van der Waals surface area contributed by atoms with Crippen LogP contribution in [0.2, 0.25) is 0 Å². The molecule has 2 aromatic rings. The minimum absolute atomic E-state index is 0.0891. The molecular formula is C34H37N3O10. The van der Waals surface area contributed by atoms with E-state index in [0.29, 0.717) is 33.9 Å². The van der Waals surface area contributed by atoms with Crippen LogP contribution in [-0.2, 0) is 20.7 Å². The number of amides is 1. The smallest absolute Gasteiger partial charge is 0.411 e. The van der Waals surface area contributed by atoms with Crippen molar-refractivity contribution in [3.05, 3.63) is 64.8 Å². The zero-order valence-electron chi connectivity index (χ0n) is 26.6. The number of aromatic hydroxyl groups is 1. The molecule has 6 atom stereocenters. The number of ether oxygens (including phenoxy) is 6. The van der Waals surface area contributed by atoms with Gasteiger partial charge in [-0.3, -0.25) is 14.6 Å². The van der Waals surface area contributed by atoms with E-state index < -0.39 is 48.4 Å².